The minimum atomic E-state index is 0.622. The first kappa shape index (κ1) is 9.72. The second-order valence-electron chi connectivity index (χ2n) is 4.38. The van der Waals surface area contributed by atoms with E-state index in [9.17, 15) is 0 Å². The molecule has 1 fully saturated rings. The standard InChI is InChI=1S/C13H19N/c1-10(8-9-14)12-4-2-3-5-13(12)11-6-7-11/h2-5,10-11H,6-9,14H2,1H3. The second kappa shape index (κ2) is 4.14. The zero-order valence-electron chi connectivity index (χ0n) is 8.87. The first-order valence-corrected chi connectivity index (χ1v) is 5.62. The highest BCUT2D eigenvalue weighted by Gasteiger charge is 2.26. The van der Waals surface area contributed by atoms with Gasteiger partial charge in [-0.15, -0.1) is 0 Å². The molecule has 1 saturated carbocycles. The van der Waals surface area contributed by atoms with Gasteiger partial charge in [-0.1, -0.05) is 31.2 Å². The Morgan fingerprint density at radius 2 is 2.07 bits per heavy atom. The molecule has 0 radical (unpaired) electrons. The summed E-state index contributed by atoms with van der Waals surface area (Å²) in [6.45, 7) is 3.08. The van der Waals surface area contributed by atoms with Gasteiger partial charge in [0.2, 0.25) is 0 Å². The number of hydrogen-bond donors (Lipinski definition) is 1. The van der Waals surface area contributed by atoms with Crippen LogP contribution in [0.2, 0.25) is 0 Å². The maximum atomic E-state index is 5.61. The number of nitrogens with two attached hydrogens (primary N) is 1. The molecule has 76 valence electrons. The van der Waals surface area contributed by atoms with Gasteiger partial charge in [0.25, 0.3) is 0 Å². The highest BCUT2D eigenvalue weighted by molar-refractivity contribution is 5.35. The van der Waals surface area contributed by atoms with Crippen molar-refractivity contribution < 1.29 is 0 Å². The minimum absolute atomic E-state index is 0.622. The average Bonchev–Trinajstić information content (AvgIpc) is 3.01. The predicted octanol–water partition coefficient (Wildman–Crippen LogP) is 3.02. The van der Waals surface area contributed by atoms with E-state index in [1.165, 1.54) is 18.4 Å². The maximum absolute atomic E-state index is 5.61. The van der Waals surface area contributed by atoms with Crippen LogP contribution in [0.15, 0.2) is 24.3 Å². The summed E-state index contributed by atoms with van der Waals surface area (Å²) in [5, 5.41) is 0. The SMILES string of the molecule is CC(CCN)c1ccccc1C1CC1. The molecule has 0 spiro atoms. The lowest BCUT2D eigenvalue weighted by Crippen LogP contribution is -2.06. The van der Waals surface area contributed by atoms with Crippen LogP contribution < -0.4 is 5.73 Å². The van der Waals surface area contributed by atoms with E-state index in [0.717, 1.165) is 18.9 Å². The fourth-order valence-electron chi connectivity index (χ4n) is 2.13. The molecule has 0 aromatic heterocycles. The molecule has 2 rings (SSSR count). The fraction of sp³-hybridized carbons (Fsp3) is 0.538. The fourth-order valence-corrected chi connectivity index (χ4v) is 2.13. The molecular weight excluding hydrogens is 170 g/mol. The van der Waals surface area contributed by atoms with Crippen molar-refractivity contribution in [3.05, 3.63) is 35.4 Å². The van der Waals surface area contributed by atoms with E-state index in [2.05, 4.69) is 31.2 Å². The Hall–Kier alpha value is -0.820. The molecule has 0 aliphatic heterocycles. The Morgan fingerprint density at radius 1 is 1.36 bits per heavy atom. The van der Waals surface area contributed by atoms with Crippen LogP contribution in [-0.4, -0.2) is 6.54 Å². The largest absolute Gasteiger partial charge is 0.330 e. The molecule has 0 saturated heterocycles. The van der Waals surface area contributed by atoms with Crippen LogP contribution in [0.4, 0.5) is 0 Å². The van der Waals surface area contributed by atoms with Gasteiger partial charge in [0.1, 0.15) is 0 Å². The zero-order valence-corrected chi connectivity index (χ0v) is 8.87. The molecule has 1 aliphatic rings. The summed E-state index contributed by atoms with van der Waals surface area (Å²) in [4.78, 5) is 0. The van der Waals surface area contributed by atoms with E-state index < -0.39 is 0 Å². The van der Waals surface area contributed by atoms with Crippen molar-refractivity contribution in [1.82, 2.24) is 0 Å². The van der Waals surface area contributed by atoms with Gasteiger partial charge in [0, 0.05) is 0 Å². The third kappa shape index (κ3) is 1.98. The topological polar surface area (TPSA) is 26.0 Å². The summed E-state index contributed by atoms with van der Waals surface area (Å²) in [6.07, 6.45) is 3.86. The molecule has 0 amide bonds. The van der Waals surface area contributed by atoms with E-state index in [4.69, 9.17) is 5.73 Å². The van der Waals surface area contributed by atoms with Gasteiger partial charge in [-0.05, 0) is 48.8 Å². The average molecular weight is 189 g/mol. The summed E-state index contributed by atoms with van der Waals surface area (Å²) in [5.74, 6) is 1.48. The van der Waals surface area contributed by atoms with Crippen molar-refractivity contribution in [1.29, 1.82) is 0 Å². The third-order valence-corrected chi connectivity index (χ3v) is 3.14. The van der Waals surface area contributed by atoms with Gasteiger partial charge >= 0.3 is 0 Å². The Labute approximate surface area is 86.3 Å². The first-order valence-electron chi connectivity index (χ1n) is 5.62. The normalized spacial score (nSPS) is 18.1. The van der Waals surface area contributed by atoms with Crippen molar-refractivity contribution in [3.63, 3.8) is 0 Å². The highest BCUT2D eigenvalue weighted by atomic mass is 14.5. The van der Waals surface area contributed by atoms with Crippen molar-refractivity contribution in [3.8, 4) is 0 Å². The first-order chi connectivity index (χ1) is 6.83. The summed E-state index contributed by atoms with van der Waals surface area (Å²) in [7, 11) is 0. The monoisotopic (exact) mass is 189 g/mol. The van der Waals surface area contributed by atoms with E-state index in [0.29, 0.717) is 5.92 Å². The highest BCUT2D eigenvalue weighted by Crippen LogP contribution is 2.43. The lowest BCUT2D eigenvalue weighted by atomic mass is 9.91. The lowest BCUT2D eigenvalue weighted by Gasteiger charge is -2.15. The molecule has 1 aliphatic carbocycles. The van der Waals surface area contributed by atoms with Crippen LogP contribution in [0.3, 0.4) is 0 Å². The van der Waals surface area contributed by atoms with Gasteiger partial charge in [-0.3, -0.25) is 0 Å². The Morgan fingerprint density at radius 3 is 2.71 bits per heavy atom. The molecule has 14 heavy (non-hydrogen) atoms. The van der Waals surface area contributed by atoms with Crippen LogP contribution in [0, 0.1) is 0 Å². The molecule has 2 N–H and O–H groups in total. The number of rotatable bonds is 4. The Kier molecular flexibility index (Phi) is 2.87. The van der Waals surface area contributed by atoms with Crippen molar-refractivity contribution >= 4 is 0 Å². The summed E-state index contributed by atoms with van der Waals surface area (Å²) in [5.41, 5.74) is 8.71. The molecule has 1 atom stereocenters. The molecule has 1 nitrogen and oxygen atoms in total. The van der Waals surface area contributed by atoms with Crippen LogP contribution in [-0.2, 0) is 0 Å². The molecular formula is C13H19N. The van der Waals surface area contributed by atoms with E-state index >= 15 is 0 Å². The third-order valence-electron chi connectivity index (χ3n) is 3.14. The lowest BCUT2D eigenvalue weighted by molar-refractivity contribution is 0.682. The molecule has 1 aromatic carbocycles. The molecule has 1 aromatic rings. The van der Waals surface area contributed by atoms with Gasteiger partial charge in [0.05, 0.1) is 0 Å². The quantitative estimate of drug-likeness (QED) is 0.774. The van der Waals surface area contributed by atoms with Crippen LogP contribution >= 0.6 is 0 Å². The smallest absolute Gasteiger partial charge is 0.00715 e. The van der Waals surface area contributed by atoms with E-state index in [-0.39, 0.29) is 0 Å². The Balaban J connectivity index is 2.21. The molecule has 1 heteroatoms. The van der Waals surface area contributed by atoms with Gasteiger partial charge in [0.15, 0.2) is 0 Å². The second-order valence-corrected chi connectivity index (χ2v) is 4.38. The van der Waals surface area contributed by atoms with Crippen LogP contribution in [0.25, 0.3) is 0 Å². The summed E-state index contributed by atoms with van der Waals surface area (Å²) >= 11 is 0. The van der Waals surface area contributed by atoms with Gasteiger partial charge in [-0.2, -0.15) is 0 Å². The minimum Gasteiger partial charge on any atom is -0.330 e. The Bertz CT molecular complexity index is 302. The molecule has 1 unspecified atom stereocenters. The van der Waals surface area contributed by atoms with E-state index in [1.807, 2.05) is 0 Å². The number of benzene rings is 1. The van der Waals surface area contributed by atoms with Crippen molar-refractivity contribution in [2.45, 2.75) is 38.0 Å². The van der Waals surface area contributed by atoms with Crippen molar-refractivity contribution in [2.24, 2.45) is 5.73 Å². The van der Waals surface area contributed by atoms with Gasteiger partial charge < -0.3 is 5.73 Å². The van der Waals surface area contributed by atoms with E-state index in [1.54, 1.807) is 5.56 Å². The van der Waals surface area contributed by atoms with Crippen LogP contribution in [0.5, 0.6) is 0 Å². The number of hydrogen-bond acceptors (Lipinski definition) is 1. The van der Waals surface area contributed by atoms with Gasteiger partial charge in [-0.25, -0.2) is 0 Å². The molecule has 0 heterocycles. The van der Waals surface area contributed by atoms with Crippen LogP contribution in [0.1, 0.15) is 49.1 Å². The predicted molar refractivity (Wildman–Crippen MR) is 60.5 cm³/mol. The summed E-state index contributed by atoms with van der Waals surface area (Å²) < 4.78 is 0. The molecule has 0 bridgehead atoms. The van der Waals surface area contributed by atoms with Crippen molar-refractivity contribution in [2.75, 3.05) is 6.54 Å². The summed E-state index contributed by atoms with van der Waals surface area (Å²) in [6, 6.07) is 8.87. The zero-order chi connectivity index (χ0) is 9.97. The maximum Gasteiger partial charge on any atom is -0.00715 e.